The Kier molecular flexibility index (Phi) is 5.20. The number of hydrogen-bond acceptors (Lipinski definition) is 3. The first kappa shape index (κ1) is 18.7. The van der Waals surface area contributed by atoms with Crippen molar-refractivity contribution in [1.29, 1.82) is 0 Å². The van der Waals surface area contributed by atoms with Crippen molar-refractivity contribution in [1.82, 2.24) is 13.8 Å². The molecule has 3 rings (SSSR count). The fraction of sp³-hybridized carbons (Fsp3) is 0.421. The molecule has 1 amide bonds. The van der Waals surface area contributed by atoms with Gasteiger partial charge in [0.15, 0.2) is 0 Å². The average molecular weight is 375 g/mol. The van der Waals surface area contributed by atoms with Crippen LogP contribution in [0.25, 0.3) is 0 Å². The molecule has 26 heavy (non-hydrogen) atoms. The molecule has 1 aromatic heterocycles. The molecule has 1 aliphatic rings. The summed E-state index contributed by atoms with van der Waals surface area (Å²) in [5, 5.41) is 0. The van der Waals surface area contributed by atoms with Crippen molar-refractivity contribution in [3.8, 4) is 0 Å². The lowest BCUT2D eigenvalue weighted by molar-refractivity contribution is 0.0725. The van der Waals surface area contributed by atoms with Crippen molar-refractivity contribution in [3.63, 3.8) is 0 Å². The molecule has 0 spiro atoms. The minimum Gasteiger partial charge on any atom is -0.345 e. The Morgan fingerprint density at radius 2 is 1.81 bits per heavy atom. The van der Waals surface area contributed by atoms with E-state index >= 15 is 0 Å². The van der Waals surface area contributed by atoms with Gasteiger partial charge in [-0.1, -0.05) is 38.1 Å². The van der Waals surface area contributed by atoms with Crippen molar-refractivity contribution < 1.29 is 13.2 Å². The summed E-state index contributed by atoms with van der Waals surface area (Å²) in [5.74, 6) is -0.136. The van der Waals surface area contributed by atoms with Gasteiger partial charge in [-0.05, 0) is 23.6 Å². The topological polar surface area (TPSA) is 62.6 Å². The quantitative estimate of drug-likeness (QED) is 0.805. The smallest absolute Gasteiger partial charge is 0.270 e. The molecule has 2 heterocycles. The highest BCUT2D eigenvalue weighted by molar-refractivity contribution is 7.89. The number of carbonyl (C=O) groups excluding carboxylic acids is 1. The molecule has 0 bridgehead atoms. The van der Waals surface area contributed by atoms with E-state index < -0.39 is 10.0 Å². The van der Waals surface area contributed by atoms with Crippen molar-refractivity contribution in [2.45, 2.75) is 31.7 Å². The molecular formula is C19H25N3O3S. The molecule has 0 saturated heterocycles. The molecule has 0 atom stereocenters. The third-order valence-corrected chi connectivity index (χ3v) is 6.98. The normalized spacial score (nSPS) is 14.5. The van der Waals surface area contributed by atoms with Crippen LogP contribution >= 0.6 is 0 Å². The highest BCUT2D eigenvalue weighted by Gasteiger charge is 2.28. The average Bonchev–Trinajstić information content (AvgIpc) is 3.04. The van der Waals surface area contributed by atoms with E-state index in [-0.39, 0.29) is 10.8 Å². The molecule has 0 aliphatic carbocycles. The first-order valence-electron chi connectivity index (χ1n) is 8.91. The summed E-state index contributed by atoms with van der Waals surface area (Å²) >= 11 is 0. The molecule has 0 unspecified atom stereocenters. The third kappa shape index (κ3) is 3.29. The van der Waals surface area contributed by atoms with Gasteiger partial charge in [0, 0.05) is 39.4 Å². The van der Waals surface area contributed by atoms with Gasteiger partial charge in [0.1, 0.15) is 10.6 Å². The van der Waals surface area contributed by atoms with Crippen molar-refractivity contribution in [2.75, 3.05) is 19.6 Å². The molecule has 0 radical (unpaired) electrons. The molecule has 2 aromatic rings. The largest absolute Gasteiger partial charge is 0.345 e. The van der Waals surface area contributed by atoms with Gasteiger partial charge in [0.25, 0.3) is 5.91 Å². The summed E-state index contributed by atoms with van der Waals surface area (Å²) in [6.07, 6.45) is 2.34. The molecule has 1 aromatic carbocycles. The molecule has 140 valence electrons. The number of rotatable bonds is 5. The van der Waals surface area contributed by atoms with Crippen LogP contribution in [0.3, 0.4) is 0 Å². The highest BCUT2D eigenvalue weighted by atomic mass is 32.2. The molecule has 0 N–H and O–H groups in total. The van der Waals surface area contributed by atoms with Crippen molar-refractivity contribution in [3.05, 3.63) is 53.3 Å². The standard InChI is InChI=1S/C19H25N3O3S/c1-4-22(5-2)26(24,25)17-12-18(20(3)14-17)19(23)21-11-10-15-8-6-7-9-16(15)13-21/h6-9,12,14H,4-5,10-11,13H2,1-3H3. The van der Waals surface area contributed by atoms with Gasteiger partial charge in [0.05, 0.1) is 0 Å². The van der Waals surface area contributed by atoms with Crippen LogP contribution in [0.1, 0.15) is 35.5 Å². The Labute approximate surface area is 155 Å². The zero-order valence-corrected chi connectivity index (χ0v) is 16.3. The highest BCUT2D eigenvalue weighted by Crippen LogP contribution is 2.23. The predicted octanol–water partition coefficient (Wildman–Crippen LogP) is 2.25. The summed E-state index contributed by atoms with van der Waals surface area (Å²) in [6.45, 7) is 5.61. The fourth-order valence-electron chi connectivity index (χ4n) is 3.43. The SMILES string of the molecule is CCN(CC)S(=O)(=O)c1cc(C(=O)N2CCc3ccccc3C2)n(C)c1. The Hall–Kier alpha value is -2.12. The second-order valence-electron chi connectivity index (χ2n) is 6.51. The van der Waals surface area contributed by atoms with E-state index in [0.29, 0.717) is 31.9 Å². The number of aromatic nitrogens is 1. The zero-order chi connectivity index (χ0) is 18.9. The minimum atomic E-state index is -3.57. The Balaban J connectivity index is 1.87. The lowest BCUT2D eigenvalue weighted by Crippen LogP contribution is -2.36. The Morgan fingerprint density at radius 3 is 2.46 bits per heavy atom. The van der Waals surface area contributed by atoms with E-state index in [1.807, 2.05) is 18.2 Å². The molecule has 0 fully saturated rings. The van der Waals surface area contributed by atoms with Gasteiger partial charge in [0.2, 0.25) is 10.0 Å². The van der Waals surface area contributed by atoms with Gasteiger partial charge in [-0.15, -0.1) is 0 Å². The summed E-state index contributed by atoms with van der Waals surface area (Å²) in [4.78, 5) is 14.9. The van der Waals surface area contributed by atoms with Gasteiger partial charge in [-0.3, -0.25) is 4.79 Å². The van der Waals surface area contributed by atoms with E-state index in [4.69, 9.17) is 0 Å². The van der Waals surface area contributed by atoms with E-state index in [0.717, 1.165) is 12.0 Å². The van der Waals surface area contributed by atoms with Crippen LogP contribution < -0.4 is 0 Å². The first-order chi connectivity index (χ1) is 12.4. The van der Waals surface area contributed by atoms with E-state index in [1.54, 1.807) is 30.4 Å². The van der Waals surface area contributed by atoms with Crippen LogP contribution in [0, 0.1) is 0 Å². The van der Waals surface area contributed by atoms with Gasteiger partial charge in [-0.2, -0.15) is 4.31 Å². The van der Waals surface area contributed by atoms with Crippen LogP contribution in [0.5, 0.6) is 0 Å². The number of aryl methyl sites for hydroxylation is 1. The molecule has 1 aliphatic heterocycles. The lowest BCUT2D eigenvalue weighted by Gasteiger charge is -2.28. The summed E-state index contributed by atoms with van der Waals surface area (Å²) in [6, 6.07) is 9.61. The maximum atomic E-state index is 13.0. The van der Waals surface area contributed by atoms with Crippen LogP contribution in [-0.2, 0) is 30.0 Å². The molecular weight excluding hydrogens is 350 g/mol. The minimum absolute atomic E-state index is 0.136. The number of sulfonamides is 1. The zero-order valence-electron chi connectivity index (χ0n) is 15.5. The molecule has 0 saturated carbocycles. The van der Waals surface area contributed by atoms with Crippen LogP contribution in [0.15, 0.2) is 41.4 Å². The van der Waals surface area contributed by atoms with Crippen LogP contribution in [0.4, 0.5) is 0 Å². The van der Waals surface area contributed by atoms with Gasteiger partial charge in [-0.25, -0.2) is 8.42 Å². The number of amides is 1. The second-order valence-corrected chi connectivity index (χ2v) is 8.44. The van der Waals surface area contributed by atoms with Crippen molar-refractivity contribution >= 4 is 15.9 Å². The first-order valence-corrected chi connectivity index (χ1v) is 10.3. The van der Waals surface area contributed by atoms with Gasteiger partial charge < -0.3 is 9.47 Å². The lowest BCUT2D eigenvalue weighted by atomic mass is 10.00. The van der Waals surface area contributed by atoms with Crippen LogP contribution in [0.2, 0.25) is 0 Å². The third-order valence-electron chi connectivity index (χ3n) is 4.96. The molecule has 6 nitrogen and oxygen atoms in total. The Morgan fingerprint density at radius 1 is 1.15 bits per heavy atom. The van der Waals surface area contributed by atoms with Crippen molar-refractivity contribution in [2.24, 2.45) is 7.05 Å². The predicted molar refractivity (Wildman–Crippen MR) is 100 cm³/mol. The number of benzene rings is 1. The van der Waals surface area contributed by atoms with Crippen LogP contribution in [-0.4, -0.2) is 47.7 Å². The number of carbonyl (C=O) groups is 1. The van der Waals surface area contributed by atoms with E-state index in [1.165, 1.54) is 22.1 Å². The maximum absolute atomic E-state index is 13.0. The summed E-state index contributed by atoms with van der Waals surface area (Å²) in [5.41, 5.74) is 2.82. The summed E-state index contributed by atoms with van der Waals surface area (Å²) < 4.78 is 28.4. The fourth-order valence-corrected chi connectivity index (χ4v) is 4.96. The number of fused-ring (bicyclic) bond motifs is 1. The maximum Gasteiger partial charge on any atom is 0.270 e. The summed E-state index contributed by atoms with van der Waals surface area (Å²) in [7, 11) is -1.86. The number of nitrogens with zero attached hydrogens (tertiary/aromatic N) is 3. The number of hydrogen-bond donors (Lipinski definition) is 0. The molecule has 7 heteroatoms. The van der Waals surface area contributed by atoms with Gasteiger partial charge >= 0.3 is 0 Å². The Bertz CT molecular complexity index is 914. The van der Waals surface area contributed by atoms with E-state index in [2.05, 4.69) is 6.07 Å². The monoisotopic (exact) mass is 375 g/mol. The second kappa shape index (κ2) is 7.25. The van der Waals surface area contributed by atoms with E-state index in [9.17, 15) is 13.2 Å².